The summed E-state index contributed by atoms with van der Waals surface area (Å²) in [6, 6.07) is 8.19. The lowest BCUT2D eigenvalue weighted by Gasteiger charge is -2.11. The Bertz CT molecular complexity index is 728. The van der Waals surface area contributed by atoms with Crippen molar-refractivity contribution < 1.29 is 0 Å². The lowest BCUT2D eigenvalue weighted by Crippen LogP contribution is -2.16. The summed E-state index contributed by atoms with van der Waals surface area (Å²) in [7, 11) is 0. The Morgan fingerprint density at radius 1 is 1.35 bits per heavy atom. The van der Waals surface area contributed by atoms with Gasteiger partial charge in [0.15, 0.2) is 0 Å². The van der Waals surface area contributed by atoms with E-state index in [4.69, 9.17) is 10.7 Å². The van der Waals surface area contributed by atoms with Crippen molar-refractivity contribution in [2.24, 2.45) is 5.73 Å². The molecule has 0 spiro atoms. The molecule has 104 valence electrons. The van der Waals surface area contributed by atoms with E-state index in [0.717, 1.165) is 34.9 Å². The molecule has 0 amide bonds. The van der Waals surface area contributed by atoms with Crippen molar-refractivity contribution in [2.45, 2.75) is 32.9 Å². The lowest BCUT2D eigenvalue weighted by atomic mass is 10.1. The summed E-state index contributed by atoms with van der Waals surface area (Å²) >= 11 is 1.62. The number of aryl methyl sites for hydroxylation is 2. The summed E-state index contributed by atoms with van der Waals surface area (Å²) in [5.41, 5.74) is 11.4. The molecule has 0 radical (unpaired) electrons. The van der Waals surface area contributed by atoms with E-state index in [9.17, 15) is 0 Å². The van der Waals surface area contributed by atoms with Crippen LogP contribution in [0.25, 0.3) is 11.0 Å². The second-order valence-corrected chi connectivity index (χ2v) is 5.76. The highest BCUT2D eigenvalue weighted by atomic mass is 32.1. The van der Waals surface area contributed by atoms with Crippen LogP contribution >= 0.6 is 11.3 Å². The highest BCUT2D eigenvalue weighted by molar-refractivity contribution is 7.09. The molecule has 0 aliphatic heterocycles. The average molecular weight is 286 g/mol. The number of nitrogens with two attached hydrogens (primary N) is 1. The molecule has 1 aromatic carbocycles. The van der Waals surface area contributed by atoms with E-state index in [2.05, 4.69) is 28.6 Å². The molecule has 2 N–H and O–H groups in total. The van der Waals surface area contributed by atoms with Crippen LogP contribution in [0.4, 0.5) is 0 Å². The number of nitrogens with zero attached hydrogens (tertiary/aromatic N) is 3. The Labute approximate surface area is 122 Å². The van der Waals surface area contributed by atoms with Crippen LogP contribution in [0.15, 0.2) is 29.8 Å². The van der Waals surface area contributed by atoms with Crippen molar-refractivity contribution in [3.8, 4) is 0 Å². The maximum Gasteiger partial charge on any atom is 0.111 e. The third kappa shape index (κ3) is 2.23. The third-order valence-corrected chi connectivity index (χ3v) is 4.63. The van der Waals surface area contributed by atoms with Gasteiger partial charge in [-0.1, -0.05) is 12.1 Å². The predicted molar refractivity (Wildman–Crippen MR) is 82.9 cm³/mol. The van der Waals surface area contributed by atoms with Crippen molar-refractivity contribution in [1.82, 2.24) is 14.5 Å². The maximum absolute atomic E-state index is 6.33. The molecule has 0 bridgehead atoms. The number of thiazole rings is 1. The number of benzene rings is 1. The zero-order valence-corrected chi connectivity index (χ0v) is 12.5. The summed E-state index contributed by atoms with van der Waals surface area (Å²) < 4.78 is 2.24. The number of para-hydroxylation sites is 2. The van der Waals surface area contributed by atoms with Gasteiger partial charge in [0.1, 0.15) is 5.82 Å². The standard InChI is InChI=1S/C15H18N4S/c1-3-19-13-7-5-4-6-12(13)18-14(19)8-11(16)15-10(2)17-9-20-15/h4-7,9,11H,3,8,16H2,1-2H3. The Balaban J connectivity index is 1.96. The fourth-order valence-corrected chi connectivity index (χ4v) is 3.40. The predicted octanol–water partition coefficient (Wildman–Crippen LogP) is 3.06. The molecule has 5 heteroatoms. The van der Waals surface area contributed by atoms with Gasteiger partial charge in [0.2, 0.25) is 0 Å². The summed E-state index contributed by atoms with van der Waals surface area (Å²) in [5, 5.41) is 0. The molecule has 0 saturated carbocycles. The molecular formula is C15H18N4S. The molecule has 1 unspecified atom stereocenters. The zero-order chi connectivity index (χ0) is 14.1. The minimum absolute atomic E-state index is 0.0374. The van der Waals surface area contributed by atoms with Crippen LogP contribution in [0.5, 0.6) is 0 Å². The number of hydrogen-bond donors (Lipinski definition) is 1. The van der Waals surface area contributed by atoms with Crippen molar-refractivity contribution in [3.63, 3.8) is 0 Å². The van der Waals surface area contributed by atoms with Crippen LogP contribution in [0.2, 0.25) is 0 Å². The second-order valence-electron chi connectivity index (χ2n) is 4.87. The number of fused-ring (bicyclic) bond motifs is 1. The molecule has 0 saturated heterocycles. The molecule has 1 atom stereocenters. The first kappa shape index (κ1) is 13.3. The van der Waals surface area contributed by atoms with Gasteiger partial charge in [-0.05, 0) is 26.0 Å². The van der Waals surface area contributed by atoms with E-state index >= 15 is 0 Å². The molecule has 3 rings (SSSR count). The van der Waals surface area contributed by atoms with Crippen molar-refractivity contribution in [1.29, 1.82) is 0 Å². The monoisotopic (exact) mass is 286 g/mol. The van der Waals surface area contributed by atoms with Gasteiger partial charge in [0, 0.05) is 23.9 Å². The second kappa shape index (κ2) is 5.34. The topological polar surface area (TPSA) is 56.7 Å². The number of imidazole rings is 1. The molecule has 4 nitrogen and oxygen atoms in total. The minimum atomic E-state index is -0.0374. The molecule has 3 aromatic rings. The summed E-state index contributed by atoms with van der Waals surface area (Å²) in [4.78, 5) is 10.2. The van der Waals surface area contributed by atoms with Gasteiger partial charge in [-0.2, -0.15) is 0 Å². The van der Waals surface area contributed by atoms with E-state index < -0.39 is 0 Å². The molecule has 2 aromatic heterocycles. The third-order valence-electron chi connectivity index (χ3n) is 3.57. The smallest absolute Gasteiger partial charge is 0.111 e. The Morgan fingerprint density at radius 2 is 2.15 bits per heavy atom. The summed E-state index contributed by atoms with van der Waals surface area (Å²) in [5.74, 6) is 1.05. The van der Waals surface area contributed by atoms with Gasteiger partial charge >= 0.3 is 0 Å². The van der Waals surface area contributed by atoms with Crippen molar-refractivity contribution >= 4 is 22.4 Å². The van der Waals surface area contributed by atoms with Crippen LogP contribution in [0, 0.1) is 6.92 Å². The van der Waals surface area contributed by atoms with Crippen LogP contribution < -0.4 is 5.73 Å². The zero-order valence-electron chi connectivity index (χ0n) is 11.7. The van der Waals surface area contributed by atoms with Crippen LogP contribution in [0.3, 0.4) is 0 Å². The van der Waals surface area contributed by atoms with Gasteiger partial charge in [0.05, 0.1) is 22.2 Å². The van der Waals surface area contributed by atoms with Gasteiger partial charge in [-0.25, -0.2) is 9.97 Å². The maximum atomic E-state index is 6.33. The average Bonchev–Trinajstić information content (AvgIpc) is 3.01. The van der Waals surface area contributed by atoms with E-state index in [1.807, 2.05) is 24.6 Å². The lowest BCUT2D eigenvalue weighted by molar-refractivity contribution is 0.641. The molecule has 0 fully saturated rings. The molecule has 0 aliphatic carbocycles. The van der Waals surface area contributed by atoms with Gasteiger partial charge in [0.25, 0.3) is 0 Å². The molecule has 20 heavy (non-hydrogen) atoms. The Kier molecular flexibility index (Phi) is 3.54. The first-order chi connectivity index (χ1) is 9.70. The van der Waals surface area contributed by atoms with Crippen LogP contribution in [-0.4, -0.2) is 14.5 Å². The van der Waals surface area contributed by atoms with Gasteiger partial charge in [-0.3, -0.25) is 0 Å². The molecular weight excluding hydrogens is 268 g/mol. The van der Waals surface area contributed by atoms with Gasteiger partial charge in [-0.15, -0.1) is 11.3 Å². The number of hydrogen-bond acceptors (Lipinski definition) is 4. The van der Waals surface area contributed by atoms with Crippen LogP contribution in [0.1, 0.15) is 29.4 Å². The molecule has 2 heterocycles. The highest BCUT2D eigenvalue weighted by Crippen LogP contribution is 2.24. The van der Waals surface area contributed by atoms with E-state index in [-0.39, 0.29) is 6.04 Å². The first-order valence-corrected chi connectivity index (χ1v) is 7.68. The largest absolute Gasteiger partial charge is 0.328 e. The SMILES string of the molecule is CCn1c(CC(N)c2scnc2C)nc2ccccc21. The number of rotatable bonds is 4. The summed E-state index contributed by atoms with van der Waals surface area (Å²) in [6.45, 7) is 5.06. The number of aromatic nitrogens is 3. The van der Waals surface area contributed by atoms with E-state index in [1.165, 1.54) is 5.52 Å². The molecule has 0 aliphatic rings. The normalized spacial score (nSPS) is 12.9. The van der Waals surface area contributed by atoms with Crippen LogP contribution in [-0.2, 0) is 13.0 Å². The Hall–Kier alpha value is -1.72. The van der Waals surface area contributed by atoms with Gasteiger partial charge < -0.3 is 10.3 Å². The quantitative estimate of drug-likeness (QED) is 0.802. The fourth-order valence-electron chi connectivity index (χ4n) is 2.59. The van der Waals surface area contributed by atoms with Crippen molar-refractivity contribution in [3.05, 3.63) is 46.2 Å². The first-order valence-electron chi connectivity index (χ1n) is 6.80. The fraction of sp³-hybridized carbons (Fsp3) is 0.333. The van der Waals surface area contributed by atoms with E-state index in [1.54, 1.807) is 11.3 Å². The highest BCUT2D eigenvalue weighted by Gasteiger charge is 2.17. The Morgan fingerprint density at radius 3 is 2.85 bits per heavy atom. The minimum Gasteiger partial charge on any atom is -0.328 e. The van der Waals surface area contributed by atoms with E-state index in [0.29, 0.717) is 0 Å². The van der Waals surface area contributed by atoms with Crippen molar-refractivity contribution in [2.75, 3.05) is 0 Å². The summed E-state index contributed by atoms with van der Waals surface area (Å²) in [6.07, 6.45) is 0.742.